The van der Waals surface area contributed by atoms with Gasteiger partial charge < -0.3 is 20.4 Å². The average Bonchev–Trinajstić information content (AvgIpc) is 2.54. The van der Waals surface area contributed by atoms with Gasteiger partial charge in [0, 0.05) is 36.9 Å². The Morgan fingerprint density at radius 1 is 1.09 bits per heavy atom. The zero-order chi connectivity index (χ0) is 15.9. The number of likely N-dealkylation sites (N-methyl/N-ethyl adjacent to an activating group) is 1. The zero-order valence-corrected chi connectivity index (χ0v) is 13.4. The van der Waals surface area contributed by atoms with Crippen LogP contribution in [0.25, 0.3) is 0 Å². The van der Waals surface area contributed by atoms with Crippen LogP contribution in [0.4, 0.5) is 5.69 Å². The number of anilines is 1. The molecule has 1 aromatic carbocycles. The predicted molar refractivity (Wildman–Crippen MR) is 87.2 cm³/mol. The number of piperazine rings is 1. The molecule has 0 aliphatic carbocycles. The van der Waals surface area contributed by atoms with Crippen LogP contribution < -0.4 is 15.5 Å². The van der Waals surface area contributed by atoms with E-state index >= 15 is 0 Å². The van der Waals surface area contributed by atoms with Crippen molar-refractivity contribution in [2.75, 3.05) is 51.2 Å². The van der Waals surface area contributed by atoms with Gasteiger partial charge in [-0.25, -0.2) is 0 Å². The minimum atomic E-state index is -0.171. The number of amides is 2. The van der Waals surface area contributed by atoms with Gasteiger partial charge in [0.2, 0.25) is 11.8 Å². The van der Waals surface area contributed by atoms with Gasteiger partial charge in [-0.05, 0) is 31.3 Å². The zero-order valence-electron chi connectivity index (χ0n) is 12.6. The highest BCUT2D eigenvalue weighted by molar-refractivity contribution is 6.30. The first kappa shape index (κ1) is 16.6. The maximum Gasteiger partial charge on any atom is 0.242 e. The Morgan fingerprint density at radius 2 is 1.73 bits per heavy atom. The number of rotatable bonds is 5. The number of nitrogens with one attached hydrogen (secondary N) is 2. The van der Waals surface area contributed by atoms with Gasteiger partial charge in [-0.3, -0.25) is 9.59 Å². The highest BCUT2D eigenvalue weighted by Gasteiger charge is 2.21. The summed E-state index contributed by atoms with van der Waals surface area (Å²) >= 11 is 5.89. The van der Waals surface area contributed by atoms with Crippen molar-refractivity contribution in [3.63, 3.8) is 0 Å². The fourth-order valence-corrected chi connectivity index (χ4v) is 2.50. The maximum absolute atomic E-state index is 12.0. The quantitative estimate of drug-likeness (QED) is 0.819. The molecule has 2 rings (SSSR count). The fourth-order valence-electron chi connectivity index (χ4n) is 2.38. The minimum Gasteiger partial charge on any atom is -0.368 e. The Kier molecular flexibility index (Phi) is 6.03. The van der Waals surface area contributed by atoms with Crippen LogP contribution in [0.15, 0.2) is 24.3 Å². The molecule has 0 spiro atoms. The molecular formula is C15H21ClN4O2. The van der Waals surface area contributed by atoms with Crippen molar-refractivity contribution >= 4 is 29.1 Å². The molecule has 1 saturated heterocycles. The van der Waals surface area contributed by atoms with E-state index in [4.69, 9.17) is 11.6 Å². The first-order valence-corrected chi connectivity index (χ1v) is 7.67. The largest absolute Gasteiger partial charge is 0.368 e. The Labute approximate surface area is 135 Å². The number of hydrogen-bond donors (Lipinski definition) is 2. The van der Waals surface area contributed by atoms with E-state index in [0.29, 0.717) is 13.1 Å². The summed E-state index contributed by atoms with van der Waals surface area (Å²) in [6.45, 7) is 3.14. The summed E-state index contributed by atoms with van der Waals surface area (Å²) in [4.78, 5) is 27.4. The molecule has 1 heterocycles. The molecule has 1 aliphatic heterocycles. The van der Waals surface area contributed by atoms with E-state index in [2.05, 4.69) is 15.5 Å². The van der Waals surface area contributed by atoms with Crippen LogP contribution in [-0.4, -0.2) is 63.0 Å². The standard InChI is InChI=1S/C15H21ClN4O2/c1-17-10-14(21)18-11-15(22)20-8-6-19(7-9-20)13-4-2-12(16)3-5-13/h2-5,17H,6-11H2,1H3,(H,18,21). The molecule has 0 atom stereocenters. The second kappa shape index (κ2) is 8.00. The number of benzene rings is 1. The van der Waals surface area contributed by atoms with Gasteiger partial charge in [-0.1, -0.05) is 11.6 Å². The van der Waals surface area contributed by atoms with E-state index in [0.717, 1.165) is 23.8 Å². The molecule has 6 nitrogen and oxygen atoms in total. The van der Waals surface area contributed by atoms with E-state index in [-0.39, 0.29) is 24.9 Å². The average molecular weight is 325 g/mol. The maximum atomic E-state index is 12.0. The number of nitrogens with zero attached hydrogens (tertiary/aromatic N) is 2. The van der Waals surface area contributed by atoms with Gasteiger partial charge in [0.25, 0.3) is 0 Å². The third-order valence-electron chi connectivity index (χ3n) is 3.60. The lowest BCUT2D eigenvalue weighted by atomic mass is 10.2. The van der Waals surface area contributed by atoms with Crippen LogP contribution in [0.1, 0.15) is 0 Å². The summed E-state index contributed by atoms with van der Waals surface area (Å²) in [5, 5.41) is 6.07. The summed E-state index contributed by atoms with van der Waals surface area (Å²) in [6.07, 6.45) is 0. The molecule has 120 valence electrons. The molecular weight excluding hydrogens is 304 g/mol. The molecule has 22 heavy (non-hydrogen) atoms. The van der Waals surface area contributed by atoms with Gasteiger partial charge in [0.15, 0.2) is 0 Å². The third-order valence-corrected chi connectivity index (χ3v) is 3.85. The molecule has 7 heteroatoms. The van der Waals surface area contributed by atoms with E-state index in [9.17, 15) is 9.59 Å². The summed E-state index contributed by atoms with van der Waals surface area (Å²) in [5.74, 6) is -0.212. The van der Waals surface area contributed by atoms with E-state index < -0.39 is 0 Å². The predicted octanol–water partition coefficient (Wildman–Crippen LogP) is 0.324. The smallest absolute Gasteiger partial charge is 0.242 e. The summed E-state index contributed by atoms with van der Waals surface area (Å²) in [5.41, 5.74) is 1.11. The van der Waals surface area contributed by atoms with Crippen LogP contribution in [-0.2, 0) is 9.59 Å². The van der Waals surface area contributed by atoms with Gasteiger partial charge in [-0.15, -0.1) is 0 Å². The first-order chi connectivity index (χ1) is 10.6. The molecule has 2 N–H and O–H groups in total. The third kappa shape index (κ3) is 4.61. The van der Waals surface area contributed by atoms with Crippen molar-refractivity contribution in [3.8, 4) is 0 Å². The molecule has 0 radical (unpaired) electrons. The van der Waals surface area contributed by atoms with Crippen molar-refractivity contribution in [1.29, 1.82) is 0 Å². The lowest BCUT2D eigenvalue weighted by Crippen LogP contribution is -2.51. The molecule has 0 saturated carbocycles. The van der Waals surface area contributed by atoms with Crippen molar-refractivity contribution < 1.29 is 9.59 Å². The van der Waals surface area contributed by atoms with Crippen LogP contribution in [0, 0.1) is 0 Å². The normalized spacial score (nSPS) is 14.8. The van der Waals surface area contributed by atoms with Crippen molar-refractivity contribution in [2.45, 2.75) is 0 Å². The van der Waals surface area contributed by atoms with Crippen LogP contribution >= 0.6 is 11.6 Å². The Balaban J connectivity index is 1.78. The molecule has 0 bridgehead atoms. The number of halogens is 1. The minimum absolute atomic E-state index is 0.0415. The second-order valence-corrected chi connectivity index (χ2v) is 5.59. The van der Waals surface area contributed by atoms with Crippen LogP contribution in [0.2, 0.25) is 5.02 Å². The van der Waals surface area contributed by atoms with Gasteiger partial charge >= 0.3 is 0 Å². The monoisotopic (exact) mass is 324 g/mol. The Bertz CT molecular complexity index is 513. The van der Waals surface area contributed by atoms with Crippen molar-refractivity contribution in [1.82, 2.24) is 15.5 Å². The molecule has 1 aromatic rings. The highest BCUT2D eigenvalue weighted by Crippen LogP contribution is 2.19. The number of carbonyl (C=O) groups excluding carboxylic acids is 2. The SMILES string of the molecule is CNCC(=O)NCC(=O)N1CCN(c2ccc(Cl)cc2)CC1. The number of carbonyl (C=O) groups is 2. The van der Waals surface area contributed by atoms with Crippen LogP contribution in [0.5, 0.6) is 0 Å². The van der Waals surface area contributed by atoms with Gasteiger partial charge in [0.05, 0.1) is 13.1 Å². The first-order valence-electron chi connectivity index (χ1n) is 7.29. The molecule has 0 unspecified atom stereocenters. The summed E-state index contributed by atoms with van der Waals surface area (Å²) < 4.78 is 0. The molecule has 0 aromatic heterocycles. The Hall–Kier alpha value is -1.79. The Morgan fingerprint density at radius 3 is 2.32 bits per heavy atom. The van der Waals surface area contributed by atoms with Gasteiger partial charge in [-0.2, -0.15) is 0 Å². The highest BCUT2D eigenvalue weighted by atomic mass is 35.5. The summed E-state index contributed by atoms with van der Waals surface area (Å²) in [7, 11) is 1.69. The van der Waals surface area contributed by atoms with Crippen LogP contribution in [0.3, 0.4) is 0 Å². The van der Waals surface area contributed by atoms with E-state index in [1.54, 1.807) is 11.9 Å². The van der Waals surface area contributed by atoms with E-state index in [1.807, 2.05) is 24.3 Å². The van der Waals surface area contributed by atoms with Crippen molar-refractivity contribution in [2.24, 2.45) is 0 Å². The lowest BCUT2D eigenvalue weighted by Gasteiger charge is -2.36. The number of hydrogen-bond acceptors (Lipinski definition) is 4. The molecule has 1 aliphatic rings. The van der Waals surface area contributed by atoms with Gasteiger partial charge in [0.1, 0.15) is 0 Å². The fraction of sp³-hybridized carbons (Fsp3) is 0.467. The summed E-state index contributed by atoms with van der Waals surface area (Å²) in [6, 6.07) is 7.70. The topological polar surface area (TPSA) is 64.7 Å². The van der Waals surface area contributed by atoms with Crippen molar-refractivity contribution in [3.05, 3.63) is 29.3 Å². The molecule has 1 fully saturated rings. The second-order valence-electron chi connectivity index (χ2n) is 5.15. The molecule has 2 amide bonds. The lowest BCUT2D eigenvalue weighted by molar-refractivity contribution is -0.132. The van der Waals surface area contributed by atoms with E-state index in [1.165, 1.54) is 0 Å².